The van der Waals surface area contributed by atoms with Crippen molar-refractivity contribution in [2.75, 3.05) is 0 Å². The van der Waals surface area contributed by atoms with Gasteiger partial charge in [-0.15, -0.1) is 0 Å². The average molecular weight is 290 g/mol. The molecule has 0 aliphatic rings. The number of hydrogen-bond acceptors (Lipinski definition) is 1. The molecule has 0 saturated carbocycles. The third-order valence-corrected chi connectivity index (χ3v) is 3.62. The summed E-state index contributed by atoms with van der Waals surface area (Å²) >= 11 is 3.74. The molecule has 0 N–H and O–H groups in total. The Balaban J connectivity index is 2.11. The quantitative estimate of drug-likeness (QED) is 0.765. The fourth-order valence-electron chi connectivity index (χ4n) is 1.79. The van der Waals surface area contributed by atoms with E-state index >= 15 is 0 Å². The van der Waals surface area contributed by atoms with Crippen molar-refractivity contribution in [1.29, 1.82) is 0 Å². The maximum Gasteiger partial charge on any atom is 0.0450 e. The highest BCUT2D eigenvalue weighted by Crippen LogP contribution is 2.26. The molecule has 2 heteroatoms. The van der Waals surface area contributed by atoms with Crippen LogP contribution in [-0.4, -0.2) is 4.98 Å². The van der Waals surface area contributed by atoms with Crippen molar-refractivity contribution >= 4 is 15.9 Å². The van der Waals surface area contributed by atoms with Gasteiger partial charge in [0.1, 0.15) is 0 Å². The predicted molar refractivity (Wildman–Crippen MR) is 75.5 cm³/mol. The lowest BCUT2D eigenvalue weighted by molar-refractivity contribution is 0.901. The maximum absolute atomic E-state index is 4.44. The molecule has 1 atom stereocenters. The van der Waals surface area contributed by atoms with Crippen LogP contribution in [0.2, 0.25) is 0 Å². The first kappa shape index (κ1) is 12.3. The second kappa shape index (κ2) is 5.46. The average Bonchev–Trinajstić information content (AvgIpc) is 2.32. The van der Waals surface area contributed by atoms with E-state index in [9.17, 15) is 0 Å². The molecule has 1 aromatic heterocycles. The highest BCUT2D eigenvalue weighted by molar-refractivity contribution is 9.09. The fourth-order valence-corrected chi connectivity index (χ4v) is 2.40. The summed E-state index contributed by atoms with van der Waals surface area (Å²) < 4.78 is 0. The van der Waals surface area contributed by atoms with Gasteiger partial charge in [-0.25, -0.2) is 0 Å². The Morgan fingerprint density at radius 3 is 2.59 bits per heavy atom. The van der Waals surface area contributed by atoms with Crippen molar-refractivity contribution in [1.82, 2.24) is 4.98 Å². The molecule has 2 aromatic rings. The Bertz CT molecular complexity index is 491. The van der Waals surface area contributed by atoms with E-state index in [1.54, 1.807) is 0 Å². The second-order valence-corrected chi connectivity index (χ2v) is 5.52. The SMILES string of the molecule is Cc1ccc(CC(Br)c2cccc(C)c2)nc1. The molecule has 1 unspecified atom stereocenters. The number of aryl methyl sites for hydroxylation is 2. The van der Waals surface area contributed by atoms with Crippen LogP contribution in [0.5, 0.6) is 0 Å². The molecule has 17 heavy (non-hydrogen) atoms. The van der Waals surface area contributed by atoms with Gasteiger partial charge in [0.25, 0.3) is 0 Å². The minimum Gasteiger partial charge on any atom is -0.261 e. The van der Waals surface area contributed by atoms with E-state index in [2.05, 4.69) is 71.2 Å². The van der Waals surface area contributed by atoms with Gasteiger partial charge >= 0.3 is 0 Å². The third-order valence-electron chi connectivity index (χ3n) is 2.76. The summed E-state index contributed by atoms with van der Waals surface area (Å²) in [7, 11) is 0. The Morgan fingerprint density at radius 1 is 1.12 bits per heavy atom. The molecular formula is C15H16BrN. The summed E-state index contributed by atoms with van der Waals surface area (Å²) in [5.74, 6) is 0. The largest absolute Gasteiger partial charge is 0.261 e. The minimum atomic E-state index is 0.331. The summed E-state index contributed by atoms with van der Waals surface area (Å²) in [5, 5.41) is 0. The minimum absolute atomic E-state index is 0.331. The predicted octanol–water partition coefficient (Wildman–Crippen LogP) is 4.38. The normalized spacial score (nSPS) is 12.4. The number of benzene rings is 1. The Labute approximate surface area is 111 Å². The van der Waals surface area contributed by atoms with E-state index in [1.807, 2.05) is 6.20 Å². The van der Waals surface area contributed by atoms with Gasteiger partial charge in [-0.2, -0.15) is 0 Å². The smallest absolute Gasteiger partial charge is 0.0450 e. The van der Waals surface area contributed by atoms with E-state index in [-0.39, 0.29) is 0 Å². The molecule has 1 aromatic carbocycles. The van der Waals surface area contributed by atoms with Crippen molar-refractivity contribution in [3.63, 3.8) is 0 Å². The van der Waals surface area contributed by atoms with Crippen molar-refractivity contribution in [3.05, 3.63) is 65.0 Å². The summed E-state index contributed by atoms with van der Waals surface area (Å²) in [6.07, 6.45) is 2.84. The highest BCUT2D eigenvalue weighted by Gasteiger charge is 2.09. The van der Waals surface area contributed by atoms with Crippen LogP contribution in [0.1, 0.15) is 27.2 Å². The molecule has 0 aliphatic carbocycles. The lowest BCUT2D eigenvalue weighted by Crippen LogP contribution is -1.98. The van der Waals surface area contributed by atoms with Crippen LogP contribution in [0.3, 0.4) is 0 Å². The molecule has 88 valence electrons. The third kappa shape index (κ3) is 3.40. The van der Waals surface area contributed by atoms with Gasteiger partial charge in [0.15, 0.2) is 0 Å². The van der Waals surface area contributed by atoms with Crippen LogP contribution in [0.4, 0.5) is 0 Å². The monoisotopic (exact) mass is 289 g/mol. The van der Waals surface area contributed by atoms with Crippen LogP contribution >= 0.6 is 15.9 Å². The molecule has 1 heterocycles. The molecular weight excluding hydrogens is 274 g/mol. The molecule has 2 rings (SSSR count). The first-order valence-electron chi connectivity index (χ1n) is 5.77. The molecule has 0 spiro atoms. The number of alkyl halides is 1. The van der Waals surface area contributed by atoms with Crippen LogP contribution in [-0.2, 0) is 6.42 Å². The molecule has 0 radical (unpaired) electrons. The van der Waals surface area contributed by atoms with Crippen molar-refractivity contribution in [2.24, 2.45) is 0 Å². The topological polar surface area (TPSA) is 12.9 Å². The molecule has 0 bridgehead atoms. The van der Waals surface area contributed by atoms with Crippen molar-refractivity contribution < 1.29 is 0 Å². The molecule has 1 nitrogen and oxygen atoms in total. The lowest BCUT2D eigenvalue weighted by Gasteiger charge is -2.10. The zero-order chi connectivity index (χ0) is 12.3. The van der Waals surface area contributed by atoms with Crippen molar-refractivity contribution in [3.8, 4) is 0 Å². The summed E-state index contributed by atoms with van der Waals surface area (Å²) in [6, 6.07) is 12.8. The highest BCUT2D eigenvalue weighted by atomic mass is 79.9. The number of hydrogen-bond donors (Lipinski definition) is 0. The standard InChI is InChI=1S/C15H16BrN/c1-11-4-3-5-13(8-11)15(16)9-14-7-6-12(2)10-17-14/h3-8,10,15H,9H2,1-2H3. The first-order chi connectivity index (χ1) is 8.15. The number of halogens is 1. The Kier molecular flexibility index (Phi) is 3.95. The van der Waals surface area contributed by atoms with Crippen LogP contribution in [0.15, 0.2) is 42.6 Å². The van der Waals surface area contributed by atoms with Gasteiger partial charge in [0.2, 0.25) is 0 Å². The van der Waals surface area contributed by atoms with Crippen LogP contribution in [0.25, 0.3) is 0 Å². The Hall–Kier alpha value is -1.15. The molecule has 0 saturated heterocycles. The molecule has 0 amide bonds. The van der Waals surface area contributed by atoms with Gasteiger partial charge in [0, 0.05) is 23.1 Å². The molecule has 0 aliphatic heterocycles. The second-order valence-electron chi connectivity index (χ2n) is 4.41. The van der Waals surface area contributed by atoms with Gasteiger partial charge in [0.05, 0.1) is 0 Å². The number of nitrogens with zero attached hydrogens (tertiary/aromatic N) is 1. The van der Waals surface area contributed by atoms with E-state index < -0.39 is 0 Å². The van der Waals surface area contributed by atoms with Gasteiger partial charge in [-0.1, -0.05) is 51.8 Å². The van der Waals surface area contributed by atoms with Crippen LogP contribution < -0.4 is 0 Å². The number of rotatable bonds is 3. The summed E-state index contributed by atoms with van der Waals surface area (Å²) in [5.41, 5.74) is 4.94. The van der Waals surface area contributed by atoms with E-state index in [0.717, 1.165) is 12.1 Å². The van der Waals surface area contributed by atoms with Crippen LogP contribution in [0, 0.1) is 13.8 Å². The first-order valence-corrected chi connectivity index (χ1v) is 6.69. The number of aromatic nitrogens is 1. The molecule has 0 fully saturated rings. The maximum atomic E-state index is 4.44. The zero-order valence-electron chi connectivity index (χ0n) is 10.2. The van der Waals surface area contributed by atoms with E-state index in [1.165, 1.54) is 16.7 Å². The zero-order valence-corrected chi connectivity index (χ0v) is 11.7. The summed E-state index contributed by atoms with van der Waals surface area (Å²) in [4.78, 5) is 4.77. The van der Waals surface area contributed by atoms with Gasteiger partial charge < -0.3 is 0 Å². The van der Waals surface area contributed by atoms with Gasteiger partial charge in [-0.3, -0.25) is 4.98 Å². The fraction of sp³-hybridized carbons (Fsp3) is 0.267. The number of pyridine rings is 1. The van der Waals surface area contributed by atoms with E-state index in [4.69, 9.17) is 0 Å². The Morgan fingerprint density at radius 2 is 1.94 bits per heavy atom. The lowest BCUT2D eigenvalue weighted by atomic mass is 10.1. The van der Waals surface area contributed by atoms with Gasteiger partial charge in [-0.05, 0) is 31.0 Å². The van der Waals surface area contributed by atoms with E-state index in [0.29, 0.717) is 4.83 Å². The van der Waals surface area contributed by atoms with Crippen molar-refractivity contribution in [2.45, 2.75) is 25.1 Å². The summed E-state index contributed by atoms with van der Waals surface area (Å²) in [6.45, 7) is 4.18.